The number of halogens is 1. The van der Waals surface area contributed by atoms with Gasteiger partial charge in [-0.25, -0.2) is 0 Å². The number of piperidine rings is 1. The molecule has 2 aliphatic rings. The molecule has 0 aromatic carbocycles. The molecule has 2 heterocycles. The summed E-state index contributed by atoms with van der Waals surface area (Å²) in [6, 6.07) is 0.279. The highest BCUT2D eigenvalue weighted by Crippen LogP contribution is 2.16. The SMILES string of the molecule is CC(NC(=O)C1CCOC1)C1CCCNC1.Cl. The zero-order valence-electron chi connectivity index (χ0n) is 10.4. The minimum absolute atomic E-state index is 0. The third-order valence-corrected chi connectivity index (χ3v) is 3.71. The van der Waals surface area contributed by atoms with Crippen LogP contribution in [-0.4, -0.2) is 38.3 Å². The van der Waals surface area contributed by atoms with Gasteiger partial charge in [0, 0.05) is 12.6 Å². The van der Waals surface area contributed by atoms with Crippen LogP contribution in [0, 0.1) is 11.8 Å². The van der Waals surface area contributed by atoms with Gasteiger partial charge in [0.15, 0.2) is 0 Å². The monoisotopic (exact) mass is 262 g/mol. The van der Waals surface area contributed by atoms with Gasteiger partial charge in [-0.15, -0.1) is 12.4 Å². The van der Waals surface area contributed by atoms with Crippen molar-refractivity contribution < 1.29 is 9.53 Å². The fourth-order valence-corrected chi connectivity index (χ4v) is 2.51. The number of hydrogen-bond donors (Lipinski definition) is 2. The predicted octanol–water partition coefficient (Wildman–Crippen LogP) is 0.949. The van der Waals surface area contributed by atoms with Gasteiger partial charge in [0.1, 0.15) is 0 Å². The zero-order chi connectivity index (χ0) is 11.4. The largest absolute Gasteiger partial charge is 0.381 e. The number of carbonyl (C=O) groups is 1. The highest BCUT2D eigenvalue weighted by Gasteiger charge is 2.27. The lowest BCUT2D eigenvalue weighted by Crippen LogP contribution is -2.46. The van der Waals surface area contributed by atoms with E-state index in [9.17, 15) is 4.79 Å². The van der Waals surface area contributed by atoms with Crippen LogP contribution in [0.5, 0.6) is 0 Å². The van der Waals surface area contributed by atoms with Gasteiger partial charge in [-0.1, -0.05) is 0 Å². The van der Waals surface area contributed by atoms with Gasteiger partial charge in [-0.2, -0.15) is 0 Å². The first kappa shape index (κ1) is 14.7. The summed E-state index contributed by atoms with van der Waals surface area (Å²) in [5.41, 5.74) is 0. The number of hydrogen-bond acceptors (Lipinski definition) is 3. The van der Waals surface area contributed by atoms with E-state index in [0.717, 1.165) is 26.1 Å². The quantitative estimate of drug-likeness (QED) is 0.796. The highest BCUT2D eigenvalue weighted by molar-refractivity contribution is 5.85. The lowest BCUT2D eigenvalue weighted by molar-refractivity contribution is -0.126. The molecule has 0 radical (unpaired) electrons. The minimum Gasteiger partial charge on any atom is -0.381 e. The molecular weight excluding hydrogens is 240 g/mol. The molecule has 1 amide bonds. The molecule has 4 nitrogen and oxygen atoms in total. The Balaban J connectivity index is 0.00000144. The summed E-state index contributed by atoms with van der Waals surface area (Å²) < 4.78 is 5.23. The maximum absolute atomic E-state index is 11.9. The summed E-state index contributed by atoms with van der Waals surface area (Å²) in [6.07, 6.45) is 3.31. The van der Waals surface area contributed by atoms with E-state index in [-0.39, 0.29) is 30.3 Å². The van der Waals surface area contributed by atoms with Crippen molar-refractivity contribution in [2.75, 3.05) is 26.3 Å². The number of rotatable bonds is 3. The molecule has 2 rings (SSSR count). The summed E-state index contributed by atoms with van der Waals surface area (Å²) in [5.74, 6) is 0.842. The maximum atomic E-state index is 11.9. The molecule has 0 aromatic rings. The van der Waals surface area contributed by atoms with E-state index in [2.05, 4.69) is 17.6 Å². The summed E-state index contributed by atoms with van der Waals surface area (Å²) in [7, 11) is 0. The summed E-state index contributed by atoms with van der Waals surface area (Å²) in [6.45, 7) is 5.60. The molecule has 17 heavy (non-hydrogen) atoms. The van der Waals surface area contributed by atoms with Crippen molar-refractivity contribution >= 4 is 18.3 Å². The fourth-order valence-electron chi connectivity index (χ4n) is 2.51. The van der Waals surface area contributed by atoms with Crippen LogP contribution in [0.4, 0.5) is 0 Å². The second-order valence-electron chi connectivity index (χ2n) is 4.96. The molecule has 2 N–H and O–H groups in total. The van der Waals surface area contributed by atoms with Crippen molar-refractivity contribution in [3.8, 4) is 0 Å². The Morgan fingerprint density at radius 3 is 2.88 bits per heavy atom. The van der Waals surface area contributed by atoms with Crippen LogP contribution >= 0.6 is 12.4 Å². The standard InChI is InChI=1S/C12H22N2O2.ClH/c1-9(10-3-2-5-13-7-10)14-12(15)11-4-6-16-8-11;/h9-11,13H,2-8H2,1H3,(H,14,15);1H. The predicted molar refractivity (Wildman–Crippen MR) is 69.4 cm³/mol. The Bertz CT molecular complexity index is 239. The highest BCUT2D eigenvalue weighted by atomic mass is 35.5. The number of amides is 1. The van der Waals surface area contributed by atoms with E-state index in [1.54, 1.807) is 0 Å². The second-order valence-corrected chi connectivity index (χ2v) is 4.96. The Kier molecular flexibility index (Phi) is 6.23. The second kappa shape index (κ2) is 7.19. The van der Waals surface area contributed by atoms with E-state index in [4.69, 9.17) is 4.74 Å². The Morgan fingerprint density at radius 1 is 1.47 bits per heavy atom. The molecule has 2 saturated heterocycles. The first-order valence-electron chi connectivity index (χ1n) is 6.36. The molecule has 5 heteroatoms. The van der Waals surface area contributed by atoms with E-state index in [1.807, 2.05) is 0 Å². The summed E-state index contributed by atoms with van der Waals surface area (Å²) in [4.78, 5) is 11.9. The van der Waals surface area contributed by atoms with Crippen LogP contribution < -0.4 is 10.6 Å². The van der Waals surface area contributed by atoms with Crippen LogP contribution in [0.2, 0.25) is 0 Å². The lowest BCUT2D eigenvalue weighted by atomic mass is 9.92. The van der Waals surface area contributed by atoms with E-state index < -0.39 is 0 Å². The van der Waals surface area contributed by atoms with E-state index in [1.165, 1.54) is 12.8 Å². The van der Waals surface area contributed by atoms with Crippen LogP contribution in [-0.2, 0) is 9.53 Å². The molecular formula is C12H23ClN2O2. The van der Waals surface area contributed by atoms with Crippen LogP contribution in [0.3, 0.4) is 0 Å². The molecule has 2 aliphatic heterocycles. The smallest absolute Gasteiger partial charge is 0.225 e. The molecule has 3 unspecified atom stereocenters. The van der Waals surface area contributed by atoms with Crippen molar-refractivity contribution in [1.29, 1.82) is 0 Å². The first-order chi connectivity index (χ1) is 7.77. The van der Waals surface area contributed by atoms with Crippen molar-refractivity contribution in [1.82, 2.24) is 10.6 Å². The maximum Gasteiger partial charge on any atom is 0.225 e. The van der Waals surface area contributed by atoms with Crippen LogP contribution in [0.15, 0.2) is 0 Å². The Labute approximate surface area is 109 Å². The Hall–Kier alpha value is -0.320. The number of carbonyl (C=O) groups excluding carboxylic acids is 1. The molecule has 0 bridgehead atoms. The average Bonchev–Trinajstić information content (AvgIpc) is 2.83. The molecule has 100 valence electrons. The van der Waals surface area contributed by atoms with Crippen molar-refractivity contribution in [3.63, 3.8) is 0 Å². The molecule has 0 aliphatic carbocycles. The van der Waals surface area contributed by atoms with E-state index >= 15 is 0 Å². The molecule has 0 spiro atoms. The number of nitrogens with one attached hydrogen (secondary N) is 2. The van der Waals surface area contributed by atoms with Gasteiger partial charge < -0.3 is 15.4 Å². The first-order valence-corrected chi connectivity index (χ1v) is 6.36. The van der Waals surface area contributed by atoms with Crippen LogP contribution in [0.25, 0.3) is 0 Å². The van der Waals surface area contributed by atoms with Gasteiger partial charge in [0.05, 0.1) is 12.5 Å². The minimum atomic E-state index is 0. The average molecular weight is 263 g/mol. The normalized spacial score (nSPS) is 30.4. The topological polar surface area (TPSA) is 50.4 Å². The van der Waals surface area contributed by atoms with Crippen molar-refractivity contribution in [3.05, 3.63) is 0 Å². The summed E-state index contributed by atoms with van der Waals surface area (Å²) >= 11 is 0. The molecule has 3 atom stereocenters. The lowest BCUT2D eigenvalue weighted by Gasteiger charge is -2.29. The molecule has 2 fully saturated rings. The molecule has 0 aromatic heterocycles. The third-order valence-electron chi connectivity index (χ3n) is 3.71. The summed E-state index contributed by atoms with van der Waals surface area (Å²) in [5, 5.41) is 6.52. The van der Waals surface area contributed by atoms with Gasteiger partial charge in [0.2, 0.25) is 5.91 Å². The van der Waals surface area contributed by atoms with Crippen molar-refractivity contribution in [2.45, 2.75) is 32.2 Å². The Morgan fingerprint density at radius 2 is 2.29 bits per heavy atom. The third kappa shape index (κ3) is 4.12. The van der Waals surface area contributed by atoms with Gasteiger partial charge in [-0.05, 0) is 45.2 Å². The zero-order valence-corrected chi connectivity index (χ0v) is 11.2. The molecule has 0 saturated carbocycles. The van der Waals surface area contributed by atoms with Crippen LogP contribution in [0.1, 0.15) is 26.2 Å². The van der Waals surface area contributed by atoms with Crippen molar-refractivity contribution in [2.24, 2.45) is 11.8 Å². The fraction of sp³-hybridized carbons (Fsp3) is 0.917. The van der Waals surface area contributed by atoms with Gasteiger partial charge in [0.25, 0.3) is 0 Å². The van der Waals surface area contributed by atoms with E-state index in [0.29, 0.717) is 12.5 Å². The number of ether oxygens (including phenoxy) is 1. The van der Waals surface area contributed by atoms with Gasteiger partial charge >= 0.3 is 0 Å². The van der Waals surface area contributed by atoms with Gasteiger partial charge in [-0.3, -0.25) is 4.79 Å².